The molecule has 154 valence electrons. The molecule has 4 rings (SSSR count). The molecule has 2 fully saturated rings. The fraction of sp³-hybridized carbons (Fsp3) is 0.318. The number of carbonyl (C=O) groups excluding carboxylic acids is 2. The molecule has 1 aromatic heterocycles. The molecular weight excluding hydrogens is 386 g/mol. The smallest absolute Gasteiger partial charge is 0.267 e. The van der Waals surface area contributed by atoms with E-state index in [-0.39, 0.29) is 18.2 Å². The van der Waals surface area contributed by atoms with Crippen LogP contribution in [0.25, 0.3) is 11.3 Å². The summed E-state index contributed by atoms with van der Waals surface area (Å²) in [7, 11) is 1.63. The average Bonchev–Trinajstić information content (AvgIpc) is 2.97. The fourth-order valence-corrected chi connectivity index (χ4v) is 3.22. The van der Waals surface area contributed by atoms with Crippen LogP contribution in [0.1, 0.15) is 22.5 Å². The van der Waals surface area contributed by atoms with Crippen molar-refractivity contribution in [2.75, 3.05) is 26.8 Å². The van der Waals surface area contributed by atoms with Crippen LogP contribution in [0.2, 0.25) is 0 Å². The van der Waals surface area contributed by atoms with Crippen molar-refractivity contribution in [2.45, 2.75) is 18.1 Å². The van der Waals surface area contributed by atoms with Crippen LogP contribution < -0.4 is 10.5 Å². The highest BCUT2D eigenvalue weighted by atomic mass is 16.6. The molecule has 8 heteroatoms. The molecule has 1 aromatic carbocycles. The summed E-state index contributed by atoms with van der Waals surface area (Å²) in [5.41, 5.74) is 5.65. The van der Waals surface area contributed by atoms with Gasteiger partial charge in [0.1, 0.15) is 17.5 Å². The molecule has 0 bridgehead atoms. The van der Waals surface area contributed by atoms with Gasteiger partial charge in [0, 0.05) is 43.3 Å². The lowest BCUT2D eigenvalue weighted by Crippen LogP contribution is -2.38. The van der Waals surface area contributed by atoms with Gasteiger partial charge in [0.2, 0.25) is 5.60 Å². The lowest BCUT2D eigenvalue weighted by Gasteiger charge is -2.27. The van der Waals surface area contributed by atoms with E-state index in [1.807, 2.05) is 6.07 Å². The predicted molar refractivity (Wildman–Crippen MR) is 108 cm³/mol. The Bertz CT molecular complexity index is 1070. The summed E-state index contributed by atoms with van der Waals surface area (Å²) in [4.78, 5) is 29.6. The van der Waals surface area contributed by atoms with Gasteiger partial charge < -0.3 is 25.2 Å². The molecule has 1 unspecified atom stereocenters. The van der Waals surface area contributed by atoms with Crippen molar-refractivity contribution in [3.63, 3.8) is 0 Å². The first-order valence-electron chi connectivity index (χ1n) is 9.52. The summed E-state index contributed by atoms with van der Waals surface area (Å²) < 4.78 is 10.9. The van der Waals surface area contributed by atoms with Crippen molar-refractivity contribution < 1.29 is 24.2 Å². The Labute approximate surface area is 173 Å². The Balaban J connectivity index is 1.64. The van der Waals surface area contributed by atoms with Crippen LogP contribution in [0, 0.1) is 11.8 Å². The van der Waals surface area contributed by atoms with E-state index in [1.54, 1.807) is 31.3 Å². The van der Waals surface area contributed by atoms with Gasteiger partial charge in [-0.15, -0.1) is 0 Å². The van der Waals surface area contributed by atoms with Crippen LogP contribution in [-0.4, -0.2) is 65.3 Å². The van der Waals surface area contributed by atoms with E-state index in [0.29, 0.717) is 42.3 Å². The minimum atomic E-state index is -1.67. The molecule has 3 N–H and O–H groups in total. The lowest BCUT2D eigenvalue weighted by atomic mass is 10.0. The fourth-order valence-electron chi connectivity index (χ4n) is 3.22. The molecule has 0 spiro atoms. The second-order valence-electron chi connectivity index (χ2n) is 7.38. The summed E-state index contributed by atoms with van der Waals surface area (Å²) in [5.74, 6) is 4.99. The topological polar surface area (TPSA) is 115 Å². The maximum absolute atomic E-state index is 12.1. The molecule has 2 saturated heterocycles. The zero-order chi connectivity index (χ0) is 21.3. The second-order valence-corrected chi connectivity index (χ2v) is 7.38. The van der Waals surface area contributed by atoms with Crippen LogP contribution in [-0.2, 0) is 9.53 Å². The molecule has 2 aliphatic heterocycles. The Hall–Kier alpha value is -3.41. The van der Waals surface area contributed by atoms with E-state index in [4.69, 9.17) is 15.2 Å². The van der Waals surface area contributed by atoms with Crippen molar-refractivity contribution in [3.8, 4) is 28.8 Å². The summed E-state index contributed by atoms with van der Waals surface area (Å²) >= 11 is 0. The van der Waals surface area contributed by atoms with Gasteiger partial charge in [-0.1, -0.05) is 24.0 Å². The van der Waals surface area contributed by atoms with E-state index in [1.165, 1.54) is 11.0 Å². The molecule has 0 radical (unpaired) electrons. The molecule has 30 heavy (non-hydrogen) atoms. The van der Waals surface area contributed by atoms with E-state index in [0.717, 1.165) is 0 Å². The van der Waals surface area contributed by atoms with Crippen LogP contribution >= 0.6 is 0 Å². The van der Waals surface area contributed by atoms with E-state index < -0.39 is 17.4 Å². The van der Waals surface area contributed by atoms with Gasteiger partial charge in [0.15, 0.2) is 0 Å². The van der Waals surface area contributed by atoms with Gasteiger partial charge in [0.25, 0.3) is 11.8 Å². The quantitative estimate of drug-likeness (QED) is 0.716. The largest absolute Gasteiger partial charge is 0.485 e. The van der Waals surface area contributed by atoms with Crippen molar-refractivity contribution in [1.29, 1.82) is 0 Å². The summed E-state index contributed by atoms with van der Waals surface area (Å²) in [6.45, 7) is 1.44. The Morgan fingerprint density at radius 1 is 1.37 bits per heavy atom. The van der Waals surface area contributed by atoms with E-state index in [9.17, 15) is 14.7 Å². The SMILES string of the molecule is CN1CCC(O)(C#Cc2cccc(-c3cc(OC4COC4)cc(C(N)=O)n3)c2)C1=O. The number of likely N-dealkylation sites (N-methyl/N-ethyl adjacent to an activating group) is 1. The van der Waals surface area contributed by atoms with Crippen molar-refractivity contribution in [3.05, 3.63) is 47.7 Å². The number of amides is 2. The zero-order valence-corrected chi connectivity index (χ0v) is 16.4. The average molecular weight is 407 g/mol. The highest BCUT2D eigenvalue weighted by molar-refractivity contribution is 5.92. The van der Waals surface area contributed by atoms with Gasteiger partial charge in [-0.3, -0.25) is 9.59 Å². The van der Waals surface area contributed by atoms with Gasteiger partial charge in [-0.25, -0.2) is 4.98 Å². The maximum Gasteiger partial charge on any atom is 0.267 e. The van der Waals surface area contributed by atoms with Gasteiger partial charge in [-0.05, 0) is 12.1 Å². The van der Waals surface area contributed by atoms with Gasteiger partial charge in [-0.2, -0.15) is 0 Å². The van der Waals surface area contributed by atoms with Crippen LogP contribution in [0.5, 0.6) is 5.75 Å². The number of aromatic nitrogens is 1. The summed E-state index contributed by atoms with van der Waals surface area (Å²) in [6.07, 6.45) is 0.198. The number of rotatable bonds is 4. The molecule has 8 nitrogen and oxygen atoms in total. The Morgan fingerprint density at radius 2 is 2.17 bits per heavy atom. The van der Waals surface area contributed by atoms with E-state index >= 15 is 0 Å². The molecule has 0 saturated carbocycles. The molecule has 3 heterocycles. The number of pyridine rings is 1. The lowest BCUT2D eigenvalue weighted by molar-refractivity contribution is -0.137. The maximum atomic E-state index is 12.1. The first kappa shape index (κ1) is 19.9. The Kier molecular flexibility index (Phi) is 5.16. The third kappa shape index (κ3) is 3.99. The molecule has 2 amide bonds. The number of ether oxygens (including phenoxy) is 2. The first-order chi connectivity index (χ1) is 14.3. The highest BCUT2D eigenvalue weighted by Crippen LogP contribution is 2.26. The number of likely N-dealkylation sites (tertiary alicyclic amines) is 1. The van der Waals surface area contributed by atoms with Crippen molar-refractivity contribution in [1.82, 2.24) is 9.88 Å². The first-order valence-corrected chi connectivity index (χ1v) is 9.52. The number of primary amides is 1. The number of hydrogen-bond donors (Lipinski definition) is 2. The number of nitrogens with zero attached hydrogens (tertiary/aromatic N) is 2. The van der Waals surface area contributed by atoms with Crippen LogP contribution in [0.15, 0.2) is 36.4 Å². The minimum Gasteiger partial charge on any atom is -0.485 e. The van der Waals surface area contributed by atoms with Gasteiger partial charge >= 0.3 is 0 Å². The van der Waals surface area contributed by atoms with Crippen LogP contribution in [0.4, 0.5) is 0 Å². The predicted octanol–water partition coefficient (Wildman–Crippen LogP) is 0.570. The second kappa shape index (κ2) is 7.78. The van der Waals surface area contributed by atoms with E-state index in [2.05, 4.69) is 16.8 Å². The molecular formula is C22H21N3O5. The van der Waals surface area contributed by atoms with Gasteiger partial charge in [0.05, 0.1) is 18.9 Å². The number of nitrogens with two attached hydrogens (primary N) is 1. The third-order valence-corrected chi connectivity index (χ3v) is 5.04. The monoisotopic (exact) mass is 407 g/mol. The number of aliphatic hydroxyl groups is 1. The number of benzene rings is 1. The third-order valence-electron chi connectivity index (χ3n) is 5.04. The molecule has 1 atom stereocenters. The summed E-state index contributed by atoms with van der Waals surface area (Å²) in [5, 5.41) is 10.5. The number of hydrogen-bond acceptors (Lipinski definition) is 6. The normalized spacial score (nSPS) is 21.0. The molecule has 0 aliphatic carbocycles. The standard InChI is InChI=1S/C22H21N3O5/c1-25-8-7-22(28,21(25)27)6-5-14-3-2-4-15(9-14)18-10-16(30-17-12-29-13-17)11-19(24-18)20(23)26/h2-4,9-11,17,28H,7-8,12-13H2,1H3,(H2,23,26). The Morgan fingerprint density at radius 3 is 2.80 bits per heavy atom. The van der Waals surface area contributed by atoms with Crippen molar-refractivity contribution in [2.24, 2.45) is 5.73 Å². The zero-order valence-electron chi connectivity index (χ0n) is 16.4. The molecule has 2 aliphatic rings. The highest BCUT2D eigenvalue weighted by Gasteiger charge is 2.42. The minimum absolute atomic E-state index is 0.0685. The van der Waals surface area contributed by atoms with Crippen molar-refractivity contribution >= 4 is 11.8 Å². The van der Waals surface area contributed by atoms with Crippen LogP contribution in [0.3, 0.4) is 0 Å². The summed E-state index contributed by atoms with van der Waals surface area (Å²) in [6, 6.07) is 10.4. The number of carbonyl (C=O) groups is 2. The molecule has 2 aromatic rings.